The molecule has 0 bridgehead atoms. The maximum absolute atomic E-state index is 10.4. The van der Waals surface area contributed by atoms with Crippen LogP contribution in [0.4, 0.5) is 0 Å². The number of hydrogen-bond donors (Lipinski definition) is 0. The van der Waals surface area contributed by atoms with Crippen molar-refractivity contribution >= 4 is 6.29 Å². The fourth-order valence-electron chi connectivity index (χ4n) is 2.84. The van der Waals surface area contributed by atoms with Crippen molar-refractivity contribution in [3.05, 3.63) is 0 Å². The van der Waals surface area contributed by atoms with Crippen LogP contribution in [0.1, 0.15) is 111 Å². The van der Waals surface area contributed by atoms with Gasteiger partial charge in [-0.25, -0.2) is 0 Å². The van der Waals surface area contributed by atoms with Crippen LogP contribution in [-0.2, 0) is 4.79 Å². The summed E-state index contributed by atoms with van der Waals surface area (Å²) in [5.74, 6) is 0. The van der Waals surface area contributed by atoms with E-state index in [0.29, 0.717) is 5.41 Å². The summed E-state index contributed by atoms with van der Waals surface area (Å²) in [4.78, 5) is 10.4. The lowest BCUT2D eigenvalue weighted by Gasteiger charge is -2.23. The Labute approximate surface area is 127 Å². The van der Waals surface area contributed by atoms with E-state index in [0.717, 1.165) is 19.1 Å². The van der Waals surface area contributed by atoms with Gasteiger partial charge < -0.3 is 4.79 Å². The van der Waals surface area contributed by atoms with Gasteiger partial charge in [-0.2, -0.15) is 0 Å². The average Bonchev–Trinajstić information content (AvgIpc) is 2.42. The Morgan fingerprint density at radius 2 is 1.15 bits per heavy atom. The van der Waals surface area contributed by atoms with Crippen LogP contribution < -0.4 is 0 Å². The van der Waals surface area contributed by atoms with Crippen LogP contribution in [0.5, 0.6) is 0 Å². The zero-order valence-electron chi connectivity index (χ0n) is 14.4. The van der Waals surface area contributed by atoms with Gasteiger partial charge in [-0.1, -0.05) is 91.4 Å². The number of unbranched alkanes of at least 4 members (excludes halogenated alkanes) is 10. The van der Waals surface area contributed by atoms with Crippen LogP contribution in [0.3, 0.4) is 0 Å². The minimum absolute atomic E-state index is 0.361. The van der Waals surface area contributed by atoms with Gasteiger partial charge in [0.15, 0.2) is 0 Å². The third-order valence-corrected chi connectivity index (χ3v) is 4.40. The van der Waals surface area contributed by atoms with Crippen molar-refractivity contribution in [2.24, 2.45) is 5.41 Å². The molecule has 0 rings (SSSR count). The van der Waals surface area contributed by atoms with E-state index in [9.17, 15) is 4.79 Å². The molecular formula is C19H38O. The Hall–Kier alpha value is -0.330. The van der Waals surface area contributed by atoms with E-state index in [1.54, 1.807) is 0 Å². The summed E-state index contributed by atoms with van der Waals surface area (Å²) in [5, 5.41) is 0. The minimum Gasteiger partial charge on any atom is -0.303 e. The fourth-order valence-corrected chi connectivity index (χ4v) is 2.84. The van der Waals surface area contributed by atoms with E-state index in [1.165, 1.54) is 77.0 Å². The number of hydrogen-bond acceptors (Lipinski definition) is 1. The topological polar surface area (TPSA) is 17.1 Å². The van der Waals surface area contributed by atoms with Gasteiger partial charge in [0.2, 0.25) is 0 Å². The lowest BCUT2D eigenvalue weighted by atomic mass is 9.82. The Morgan fingerprint density at radius 1 is 0.700 bits per heavy atom. The standard InChI is InChI=1S/C19H38O/c1-4-5-6-7-8-9-10-11-12-13-14-16-19(2,3)17-15-18-20/h18H,4-17H2,1-3H3. The monoisotopic (exact) mass is 282 g/mol. The van der Waals surface area contributed by atoms with E-state index < -0.39 is 0 Å². The van der Waals surface area contributed by atoms with Crippen molar-refractivity contribution in [3.8, 4) is 0 Å². The van der Waals surface area contributed by atoms with Crippen LogP contribution in [0.2, 0.25) is 0 Å². The van der Waals surface area contributed by atoms with Gasteiger partial charge in [0.05, 0.1) is 0 Å². The molecule has 0 unspecified atom stereocenters. The molecular weight excluding hydrogens is 244 g/mol. The summed E-state index contributed by atoms with van der Waals surface area (Å²) < 4.78 is 0. The maximum Gasteiger partial charge on any atom is 0.120 e. The molecule has 0 aromatic carbocycles. The molecule has 0 heterocycles. The van der Waals surface area contributed by atoms with Crippen molar-refractivity contribution < 1.29 is 4.79 Å². The molecule has 0 aromatic rings. The molecule has 0 saturated carbocycles. The molecule has 0 N–H and O–H groups in total. The quantitative estimate of drug-likeness (QED) is 0.241. The minimum atomic E-state index is 0.361. The van der Waals surface area contributed by atoms with Gasteiger partial charge in [-0.15, -0.1) is 0 Å². The van der Waals surface area contributed by atoms with Gasteiger partial charge in [-0.05, 0) is 18.3 Å². The predicted octanol–water partition coefficient (Wildman–Crippen LogP) is 6.69. The number of carbonyl (C=O) groups excluding carboxylic acids is 1. The van der Waals surface area contributed by atoms with Gasteiger partial charge in [-0.3, -0.25) is 0 Å². The summed E-state index contributed by atoms with van der Waals surface area (Å²) >= 11 is 0. The summed E-state index contributed by atoms with van der Waals surface area (Å²) in [6.07, 6.45) is 19.6. The van der Waals surface area contributed by atoms with Gasteiger partial charge in [0.25, 0.3) is 0 Å². The van der Waals surface area contributed by atoms with Gasteiger partial charge >= 0.3 is 0 Å². The predicted molar refractivity (Wildman–Crippen MR) is 90.2 cm³/mol. The molecule has 0 saturated heterocycles. The van der Waals surface area contributed by atoms with Crippen molar-refractivity contribution in [1.82, 2.24) is 0 Å². The molecule has 0 aromatic heterocycles. The first kappa shape index (κ1) is 19.7. The highest BCUT2D eigenvalue weighted by molar-refractivity contribution is 5.49. The Morgan fingerprint density at radius 3 is 1.60 bits per heavy atom. The second kappa shape index (κ2) is 13.6. The lowest BCUT2D eigenvalue weighted by molar-refractivity contribution is -0.108. The zero-order chi connectivity index (χ0) is 15.1. The third-order valence-electron chi connectivity index (χ3n) is 4.40. The molecule has 0 amide bonds. The highest BCUT2D eigenvalue weighted by atomic mass is 16.1. The first-order valence-electron chi connectivity index (χ1n) is 9.06. The second-order valence-electron chi connectivity index (χ2n) is 7.16. The maximum atomic E-state index is 10.4. The normalized spacial score (nSPS) is 11.8. The van der Waals surface area contributed by atoms with E-state index in [4.69, 9.17) is 0 Å². The summed E-state index contributed by atoms with van der Waals surface area (Å²) in [7, 11) is 0. The highest BCUT2D eigenvalue weighted by Gasteiger charge is 2.16. The first-order valence-corrected chi connectivity index (χ1v) is 9.06. The number of rotatable bonds is 15. The van der Waals surface area contributed by atoms with E-state index in [1.807, 2.05) is 0 Å². The highest BCUT2D eigenvalue weighted by Crippen LogP contribution is 2.29. The number of aldehydes is 1. The van der Waals surface area contributed by atoms with Crippen LogP contribution in [0, 0.1) is 5.41 Å². The summed E-state index contributed by atoms with van der Waals surface area (Å²) in [5.41, 5.74) is 0.361. The molecule has 0 atom stereocenters. The van der Waals surface area contributed by atoms with Crippen molar-refractivity contribution in [3.63, 3.8) is 0 Å². The molecule has 1 heteroatoms. The zero-order valence-corrected chi connectivity index (χ0v) is 14.4. The van der Waals surface area contributed by atoms with Crippen molar-refractivity contribution in [1.29, 1.82) is 0 Å². The first-order chi connectivity index (χ1) is 9.62. The van der Waals surface area contributed by atoms with Crippen LogP contribution in [-0.4, -0.2) is 6.29 Å². The number of carbonyl (C=O) groups is 1. The molecule has 1 nitrogen and oxygen atoms in total. The summed E-state index contributed by atoms with van der Waals surface area (Å²) in [6, 6.07) is 0. The Kier molecular flexibility index (Phi) is 13.4. The molecule has 0 aliphatic heterocycles. The SMILES string of the molecule is CCCCCCCCCCCCCC(C)(C)CCC=O. The van der Waals surface area contributed by atoms with E-state index >= 15 is 0 Å². The second-order valence-corrected chi connectivity index (χ2v) is 7.16. The lowest BCUT2D eigenvalue weighted by Crippen LogP contribution is -2.11. The van der Waals surface area contributed by atoms with E-state index in [-0.39, 0.29) is 0 Å². The van der Waals surface area contributed by atoms with Crippen LogP contribution in [0.25, 0.3) is 0 Å². The van der Waals surface area contributed by atoms with Gasteiger partial charge in [0.1, 0.15) is 6.29 Å². The average molecular weight is 283 g/mol. The Bertz CT molecular complexity index is 208. The third kappa shape index (κ3) is 14.1. The molecule has 0 radical (unpaired) electrons. The molecule has 0 fully saturated rings. The molecule has 120 valence electrons. The van der Waals surface area contributed by atoms with Gasteiger partial charge in [0, 0.05) is 6.42 Å². The van der Waals surface area contributed by atoms with E-state index in [2.05, 4.69) is 20.8 Å². The Balaban J connectivity index is 3.21. The summed E-state index contributed by atoms with van der Waals surface area (Å²) in [6.45, 7) is 6.87. The van der Waals surface area contributed by atoms with Crippen molar-refractivity contribution in [2.75, 3.05) is 0 Å². The fraction of sp³-hybridized carbons (Fsp3) is 0.947. The van der Waals surface area contributed by atoms with Crippen LogP contribution >= 0.6 is 0 Å². The molecule has 20 heavy (non-hydrogen) atoms. The van der Waals surface area contributed by atoms with Crippen molar-refractivity contribution in [2.45, 2.75) is 111 Å². The largest absolute Gasteiger partial charge is 0.303 e. The molecule has 0 aliphatic rings. The molecule has 0 aliphatic carbocycles. The van der Waals surface area contributed by atoms with Crippen LogP contribution in [0.15, 0.2) is 0 Å². The smallest absolute Gasteiger partial charge is 0.120 e. The molecule has 0 spiro atoms.